The molecule has 21 heavy (non-hydrogen) atoms. The summed E-state index contributed by atoms with van der Waals surface area (Å²) in [6, 6.07) is 6.46. The fraction of sp³-hybridized carbons (Fsp3) is 0.647. The van der Waals surface area contributed by atoms with Crippen LogP contribution < -0.4 is 10.1 Å². The molecule has 2 unspecified atom stereocenters. The number of rotatable bonds is 6. The average Bonchev–Trinajstić information content (AvgIpc) is 2.78. The maximum absolute atomic E-state index is 6.03. The Balaban J connectivity index is 1.94. The molecule has 0 saturated heterocycles. The van der Waals surface area contributed by atoms with Crippen molar-refractivity contribution in [2.45, 2.75) is 44.9 Å². The summed E-state index contributed by atoms with van der Waals surface area (Å²) < 4.78 is 17.1. The van der Waals surface area contributed by atoms with E-state index in [4.69, 9.17) is 14.2 Å². The maximum Gasteiger partial charge on any atom is 0.119 e. The summed E-state index contributed by atoms with van der Waals surface area (Å²) in [6.07, 6.45) is 1.08. The average molecular weight is 293 g/mol. The van der Waals surface area contributed by atoms with Crippen molar-refractivity contribution in [3.05, 3.63) is 29.3 Å². The highest BCUT2D eigenvalue weighted by molar-refractivity contribution is 5.42. The van der Waals surface area contributed by atoms with Crippen LogP contribution in [0.15, 0.2) is 18.2 Å². The van der Waals surface area contributed by atoms with Gasteiger partial charge in [-0.15, -0.1) is 0 Å². The van der Waals surface area contributed by atoms with Gasteiger partial charge in [-0.1, -0.05) is 6.07 Å². The van der Waals surface area contributed by atoms with Crippen LogP contribution in [0.4, 0.5) is 0 Å². The second-order valence-electron chi connectivity index (χ2n) is 6.41. The molecule has 1 aliphatic carbocycles. The van der Waals surface area contributed by atoms with E-state index in [0.717, 1.165) is 12.2 Å². The van der Waals surface area contributed by atoms with Gasteiger partial charge < -0.3 is 19.5 Å². The van der Waals surface area contributed by atoms with E-state index < -0.39 is 0 Å². The van der Waals surface area contributed by atoms with Gasteiger partial charge in [-0.25, -0.2) is 0 Å². The van der Waals surface area contributed by atoms with Crippen molar-refractivity contribution in [1.29, 1.82) is 0 Å². The minimum absolute atomic E-state index is 0.113. The molecule has 1 aliphatic rings. The standard InChI is InChI=1S/C17H27NO3/c1-17(2,3)21-9-8-20-15-10-12-6-7-13(19-5)11-14(12)16(15)18-4/h6-7,11,15-16,18H,8-10H2,1-5H3. The molecule has 1 aromatic carbocycles. The zero-order chi connectivity index (χ0) is 15.5. The summed E-state index contributed by atoms with van der Waals surface area (Å²) in [5.41, 5.74) is 2.49. The lowest BCUT2D eigenvalue weighted by molar-refractivity contribution is -0.0555. The van der Waals surface area contributed by atoms with Crippen LogP contribution in [-0.4, -0.2) is 39.1 Å². The Hall–Kier alpha value is -1.10. The third kappa shape index (κ3) is 4.19. The summed E-state index contributed by atoms with van der Waals surface area (Å²) in [6.45, 7) is 7.41. The first-order valence-corrected chi connectivity index (χ1v) is 7.54. The number of hydrogen-bond donors (Lipinski definition) is 1. The van der Waals surface area contributed by atoms with E-state index in [2.05, 4.69) is 38.2 Å². The smallest absolute Gasteiger partial charge is 0.119 e. The molecule has 1 aromatic rings. The lowest BCUT2D eigenvalue weighted by Crippen LogP contribution is -2.30. The third-order valence-corrected chi connectivity index (χ3v) is 3.74. The molecule has 0 aliphatic heterocycles. The summed E-state index contributed by atoms with van der Waals surface area (Å²) >= 11 is 0. The van der Waals surface area contributed by atoms with Crippen molar-refractivity contribution in [1.82, 2.24) is 5.32 Å². The first kappa shape index (κ1) is 16.3. The molecule has 0 radical (unpaired) electrons. The molecule has 2 atom stereocenters. The molecule has 0 heterocycles. The zero-order valence-corrected chi connectivity index (χ0v) is 13.7. The molecule has 118 valence electrons. The number of methoxy groups -OCH3 is 1. The minimum Gasteiger partial charge on any atom is -0.497 e. The number of fused-ring (bicyclic) bond motifs is 1. The molecule has 0 aromatic heterocycles. The third-order valence-electron chi connectivity index (χ3n) is 3.74. The van der Waals surface area contributed by atoms with Gasteiger partial charge >= 0.3 is 0 Å². The predicted molar refractivity (Wildman–Crippen MR) is 83.9 cm³/mol. The van der Waals surface area contributed by atoms with Crippen molar-refractivity contribution in [3.8, 4) is 5.75 Å². The molecule has 4 nitrogen and oxygen atoms in total. The van der Waals surface area contributed by atoms with Crippen LogP contribution in [0.25, 0.3) is 0 Å². The van der Waals surface area contributed by atoms with E-state index in [1.165, 1.54) is 11.1 Å². The zero-order valence-electron chi connectivity index (χ0n) is 13.7. The molecular formula is C17H27NO3. The highest BCUT2D eigenvalue weighted by Crippen LogP contribution is 2.35. The van der Waals surface area contributed by atoms with E-state index in [1.54, 1.807) is 7.11 Å². The minimum atomic E-state index is -0.113. The Morgan fingerprint density at radius 1 is 1.24 bits per heavy atom. The molecule has 0 spiro atoms. The van der Waals surface area contributed by atoms with Crippen LogP contribution in [-0.2, 0) is 15.9 Å². The molecule has 1 N–H and O–H groups in total. The Bertz CT molecular complexity index is 468. The second kappa shape index (κ2) is 6.77. The topological polar surface area (TPSA) is 39.7 Å². The van der Waals surface area contributed by atoms with Crippen molar-refractivity contribution in [2.24, 2.45) is 0 Å². The number of benzene rings is 1. The number of hydrogen-bond acceptors (Lipinski definition) is 4. The normalized spacial score (nSPS) is 21.4. The summed E-state index contributed by atoms with van der Waals surface area (Å²) in [4.78, 5) is 0. The van der Waals surface area contributed by atoms with Gasteiger partial charge in [-0.2, -0.15) is 0 Å². The maximum atomic E-state index is 6.03. The fourth-order valence-corrected chi connectivity index (χ4v) is 2.75. The lowest BCUT2D eigenvalue weighted by atomic mass is 10.1. The van der Waals surface area contributed by atoms with Crippen molar-refractivity contribution in [2.75, 3.05) is 27.4 Å². The Labute approximate surface area is 127 Å². The predicted octanol–water partition coefficient (Wildman–Crippen LogP) is 2.71. The van der Waals surface area contributed by atoms with Crippen LogP contribution in [0.5, 0.6) is 5.75 Å². The quantitative estimate of drug-likeness (QED) is 0.819. The van der Waals surface area contributed by atoms with Crippen LogP contribution in [0.2, 0.25) is 0 Å². The van der Waals surface area contributed by atoms with Gasteiger partial charge in [0.15, 0.2) is 0 Å². The van der Waals surface area contributed by atoms with Gasteiger partial charge in [0.1, 0.15) is 5.75 Å². The van der Waals surface area contributed by atoms with E-state index in [1.807, 2.05) is 13.1 Å². The molecule has 4 heteroatoms. The van der Waals surface area contributed by atoms with Crippen LogP contribution in [0.1, 0.15) is 37.9 Å². The fourth-order valence-electron chi connectivity index (χ4n) is 2.75. The summed E-state index contributed by atoms with van der Waals surface area (Å²) in [5.74, 6) is 0.894. The largest absolute Gasteiger partial charge is 0.497 e. The van der Waals surface area contributed by atoms with Gasteiger partial charge in [-0.05, 0) is 51.1 Å². The van der Waals surface area contributed by atoms with Crippen LogP contribution in [0.3, 0.4) is 0 Å². The molecule has 0 fully saturated rings. The van der Waals surface area contributed by atoms with Crippen molar-refractivity contribution < 1.29 is 14.2 Å². The Morgan fingerprint density at radius 3 is 2.62 bits per heavy atom. The monoisotopic (exact) mass is 293 g/mol. The van der Waals surface area contributed by atoms with E-state index in [-0.39, 0.29) is 17.7 Å². The SMILES string of the molecule is CNC1c2cc(OC)ccc2CC1OCCOC(C)(C)C. The van der Waals surface area contributed by atoms with Gasteiger partial charge in [0.05, 0.1) is 38.1 Å². The van der Waals surface area contributed by atoms with Gasteiger partial charge in [0.25, 0.3) is 0 Å². The van der Waals surface area contributed by atoms with E-state index in [0.29, 0.717) is 13.2 Å². The van der Waals surface area contributed by atoms with Crippen molar-refractivity contribution >= 4 is 0 Å². The van der Waals surface area contributed by atoms with E-state index >= 15 is 0 Å². The molecule has 0 amide bonds. The van der Waals surface area contributed by atoms with Crippen molar-refractivity contribution in [3.63, 3.8) is 0 Å². The highest BCUT2D eigenvalue weighted by Gasteiger charge is 2.32. The number of nitrogens with one attached hydrogen (secondary N) is 1. The van der Waals surface area contributed by atoms with Gasteiger partial charge in [0.2, 0.25) is 0 Å². The van der Waals surface area contributed by atoms with Gasteiger partial charge in [-0.3, -0.25) is 0 Å². The molecular weight excluding hydrogens is 266 g/mol. The number of likely N-dealkylation sites (N-methyl/N-ethyl adjacent to an activating group) is 1. The van der Waals surface area contributed by atoms with Gasteiger partial charge in [0, 0.05) is 6.42 Å². The highest BCUT2D eigenvalue weighted by atomic mass is 16.5. The van der Waals surface area contributed by atoms with Crippen LogP contribution in [0, 0.1) is 0 Å². The van der Waals surface area contributed by atoms with E-state index in [9.17, 15) is 0 Å². The number of ether oxygens (including phenoxy) is 3. The first-order valence-electron chi connectivity index (χ1n) is 7.54. The second-order valence-corrected chi connectivity index (χ2v) is 6.41. The Kier molecular flexibility index (Phi) is 5.25. The summed E-state index contributed by atoms with van der Waals surface area (Å²) in [7, 11) is 3.67. The lowest BCUT2D eigenvalue weighted by Gasteiger charge is -2.23. The molecule has 0 saturated carbocycles. The summed E-state index contributed by atoms with van der Waals surface area (Å²) in [5, 5.41) is 3.36. The van der Waals surface area contributed by atoms with Crippen LogP contribution >= 0.6 is 0 Å². The molecule has 0 bridgehead atoms. The molecule has 2 rings (SSSR count). The first-order chi connectivity index (χ1) is 9.94. The Morgan fingerprint density at radius 2 is 2.00 bits per heavy atom.